The van der Waals surface area contributed by atoms with Gasteiger partial charge in [0.05, 0.1) is 7.11 Å². The minimum atomic E-state index is -0.346. The average Bonchev–Trinajstić information content (AvgIpc) is 2.48. The lowest BCUT2D eigenvalue weighted by Gasteiger charge is -2.20. The zero-order valence-corrected chi connectivity index (χ0v) is 12.8. The van der Waals surface area contributed by atoms with Gasteiger partial charge in [0.1, 0.15) is 0 Å². The van der Waals surface area contributed by atoms with Gasteiger partial charge in [0.2, 0.25) is 5.91 Å². The number of rotatable bonds is 4. The molecule has 0 radical (unpaired) electrons. The zero-order chi connectivity index (χ0) is 15.2. The van der Waals surface area contributed by atoms with Gasteiger partial charge >= 0.3 is 5.97 Å². The van der Waals surface area contributed by atoms with E-state index in [1.807, 2.05) is 36.4 Å². The molecule has 0 heterocycles. The van der Waals surface area contributed by atoms with E-state index in [-0.39, 0.29) is 11.9 Å². The Labute approximate surface area is 128 Å². The molecule has 0 bridgehead atoms. The Balaban J connectivity index is 2.20. The van der Waals surface area contributed by atoms with E-state index in [1.165, 1.54) is 14.0 Å². The number of carbonyl (C=O) groups is 2. The van der Waals surface area contributed by atoms with Crippen molar-refractivity contribution in [3.63, 3.8) is 0 Å². The molecule has 0 unspecified atom stereocenters. The molecule has 1 amide bonds. The monoisotopic (exact) mass is 303 g/mol. The molecule has 0 atom stereocenters. The molecule has 0 saturated carbocycles. The smallest absolute Gasteiger partial charge is 0.333 e. The predicted molar refractivity (Wildman–Crippen MR) is 82.5 cm³/mol. The van der Waals surface area contributed by atoms with Crippen LogP contribution in [0.25, 0.3) is 0 Å². The van der Waals surface area contributed by atoms with Crippen LogP contribution in [0.2, 0.25) is 0 Å². The molecule has 0 aromatic heterocycles. The molecule has 1 aromatic carbocycles. The van der Waals surface area contributed by atoms with Crippen molar-refractivity contribution in [2.24, 2.45) is 0 Å². The van der Waals surface area contributed by atoms with Gasteiger partial charge in [-0.3, -0.25) is 4.79 Å². The van der Waals surface area contributed by atoms with Crippen LogP contribution in [0.4, 0.5) is 0 Å². The van der Waals surface area contributed by atoms with Crippen LogP contribution in [-0.2, 0) is 14.3 Å². The lowest BCUT2D eigenvalue weighted by Crippen LogP contribution is -2.23. The number of carbonyl (C=O) groups excluding carboxylic acids is 2. The molecule has 0 saturated heterocycles. The van der Waals surface area contributed by atoms with E-state index in [4.69, 9.17) is 4.74 Å². The van der Waals surface area contributed by atoms with Gasteiger partial charge in [-0.25, -0.2) is 4.79 Å². The van der Waals surface area contributed by atoms with E-state index < -0.39 is 0 Å². The molecule has 1 aromatic rings. The first-order valence-corrected chi connectivity index (χ1v) is 7.41. The summed E-state index contributed by atoms with van der Waals surface area (Å²) in [6.45, 7) is 1.47. The lowest BCUT2D eigenvalue weighted by atomic mass is 10.0. The molecule has 2 rings (SSSR count). The summed E-state index contributed by atoms with van der Waals surface area (Å²) in [6.07, 6.45) is 2.86. The Kier molecular flexibility index (Phi) is 5.22. The fraction of sp³-hybridized carbons (Fsp3) is 0.250. The van der Waals surface area contributed by atoms with Gasteiger partial charge in [0.15, 0.2) is 0 Å². The molecule has 1 aliphatic carbocycles. The molecular weight excluding hydrogens is 286 g/mol. The standard InChI is InChI=1S/C16H17NO3S/c1-11(18)17-14-10-12(16(19)20-2)8-9-15(14)21-13-6-4-3-5-7-13/h3-8H,9-10H2,1-2H3,(H,17,18). The molecule has 0 spiro atoms. The SMILES string of the molecule is COC(=O)C1=CCC(Sc2ccccc2)=C(NC(C)=O)C1. The first-order chi connectivity index (χ1) is 10.1. The first kappa shape index (κ1) is 15.4. The van der Waals surface area contributed by atoms with Gasteiger partial charge < -0.3 is 10.1 Å². The number of hydrogen-bond donors (Lipinski definition) is 1. The lowest BCUT2D eigenvalue weighted by molar-refractivity contribution is -0.136. The molecule has 21 heavy (non-hydrogen) atoms. The highest BCUT2D eigenvalue weighted by Crippen LogP contribution is 2.36. The Morgan fingerprint density at radius 1 is 1.24 bits per heavy atom. The Hall–Kier alpha value is -2.01. The van der Waals surface area contributed by atoms with E-state index >= 15 is 0 Å². The van der Waals surface area contributed by atoms with Crippen molar-refractivity contribution >= 4 is 23.6 Å². The largest absolute Gasteiger partial charge is 0.466 e. The zero-order valence-electron chi connectivity index (χ0n) is 12.0. The number of ether oxygens (including phenoxy) is 1. The van der Waals surface area contributed by atoms with Gasteiger partial charge in [-0.2, -0.15) is 0 Å². The fourth-order valence-corrected chi connectivity index (χ4v) is 3.04. The third-order valence-corrected chi connectivity index (χ3v) is 4.16. The average molecular weight is 303 g/mol. The number of thioether (sulfide) groups is 1. The molecule has 1 aliphatic rings. The minimum Gasteiger partial charge on any atom is -0.466 e. The van der Waals surface area contributed by atoms with Crippen LogP contribution in [0.5, 0.6) is 0 Å². The molecule has 110 valence electrons. The molecule has 4 nitrogen and oxygen atoms in total. The second-order valence-electron chi connectivity index (χ2n) is 4.60. The Morgan fingerprint density at radius 2 is 1.95 bits per heavy atom. The van der Waals surface area contributed by atoms with Crippen molar-refractivity contribution in [1.29, 1.82) is 0 Å². The fourth-order valence-electron chi connectivity index (χ4n) is 2.05. The summed E-state index contributed by atoms with van der Waals surface area (Å²) in [6, 6.07) is 9.94. The van der Waals surface area contributed by atoms with Crippen molar-refractivity contribution in [2.45, 2.75) is 24.7 Å². The Bertz CT molecular complexity index is 605. The second-order valence-corrected chi connectivity index (χ2v) is 5.77. The van der Waals surface area contributed by atoms with E-state index in [0.29, 0.717) is 18.4 Å². The first-order valence-electron chi connectivity index (χ1n) is 6.60. The normalized spacial score (nSPS) is 14.5. The summed E-state index contributed by atoms with van der Waals surface area (Å²) in [5.41, 5.74) is 1.36. The summed E-state index contributed by atoms with van der Waals surface area (Å²) >= 11 is 1.60. The van der Waals surface area contributed by atoms with Crippen LogP contribution in [0.3, 0.4) is 0 Å². The summed E-state index contributed by atoms with van der Waals surface area (Å²) in [4.78, 5) is 25.1. The minimum absolute atomic E-state index is 0.137. The molecular formula is C16H17NO3S. The van der Waals surface area contributed by atoms with Gasteiger partial charge in [-0.05, 0) is 18.6 Å². The molecule has 0 fully saturated rings. The highest BCUT2D eigenvalue weighted by atomic mass is 32.2. The highest BCUT2D eigenvalue weighted by molar-refractivity contribution is 8.03. The van der Waals surface area contributed by atoms with Gasteiger partial charge in [-0.15, -0.1) is 0 Å². The van der Waals surface area contributed by atoms with Crippen LogP contribution in [0.1, 0.15) is 19.8 Å². The third kappa shape index (κ3) is 4.23. The topological polar surface area (TPSA) is 55.4 Å². The van der Waals surface area contributed by atoms with Crippen LogP contribution in [0.15, 0.2) is 57.5 Å². The van der Waals surface area contributed by atoms with Crippen molar-refractivity contribution in [3.05, 3.63) is 52.6 Å². The number of amides is 1. The van der Waals surface area contributed by atoms with Gasteiger partial charge in [0, 0.05) is 34.4 Å². The van der Waals surface area contributed by atoms with Crippen LogP contribution in [0, 0.1) is 0 Å². The third-order valence-electron chi connectivity index (χ3n) is 3.00. The maximum Gasteiger partial charge on any atom is 0.333 e. The van der Waals surface area contributed by atoms with Crippen LogP contribution in [-0.4, -0.2) is 19.0 Å². The quantitative estimate of drug-likeness (QED) is 0.869. The maximum absolute atomic E-state index is 11.6. The molecule has 5 heteroatoms. The molecule has 0 aliphatic heterocycles. The summed E-state index contributed by atoms with van der Waals surface area (Å²) in [7, 11) is 1.36. The van der Waals surface area contributed by atoms with Crippen molar-refractivity contribution in [1.82, 2.24) is 5.32 Å². The van der Waals surface area contributed by atoms with Crippen molar-refractivity contribution < 1.29 is 14.3 Å². The highest BCUT2D eigenvalue weighted by Gasteiger charge is 2.21. The summed E-state index contributed by atoms with van der Waals surface area (Å²) in [5, 5.41) is 2.83. The number of esters is 1. The van der Waals surface area contributed by atoms with Crippen molar-refractivity contribution in [2.75, 3.05) is 7.11 Å². The van der Waals surface area contributed by atoms with Crippen LogP contribution < -0.4 is 5.32 Å². The van der Waals surface area contributed by atoms with E-state index in [9.17, 15) is 9.59 Å². The van der Waals surface area contributed by atoms with Gasteiger partial charge in [0.25, 0.3) is 0 Å². The van der Waals surface area contributed by atoms with Crippen molar-refractivity contribution in [3.8, 4) is 0 Å². The molecule has 1 N–H and O–H groups in total. The second kappa shape index (κ2) is 7.13. The Morgan fingerprint density at radius 3 is 2.57 bits per heavy atom. The predicted octanol–water partition coefficient (Wildman–Crippen LogP) is 3.02. The number of allylic oxidation sites excluding steroid dienone is 3. The number of nitrogens with one attached hydrogen (secondary N) is 1. The van der Waals surface area contributed by atoms with E-state index in [2.05, 4.69) is 5.32 Å². The van der Waals surface area contributed by atoms with E-state index in [0.717, 1.165) is 15.5 Å². The van der Waals surface area contributed by atoms with E-state index in [1.54, 1.807) is 11.8 Å². The summed E-state index contributed by atoms with van der Waals surface area (Å²) in [5.74, 6) is -0.483. The maximum atomic E-state index is 11.6. The number of methoxy groups -OCH3 is 1. The van der Waals surface area contributed by atoms with Crippen LogP contribution >= 0.6 is 11.8 Å². The summed E-state index contributed by atoms with van der Waals surface area (Å²) < 4.78 is 4.75. The number of hydrogen-bond acceptors (Lipinski definition) is 4. The number of benzene rings is 1. The van der Waals surface area contributed by atoms with Gasteiger partial charge in [-0.1, -0.05) is 36.0 Å².